The van der Waals surface area contributed by atoms with Crippen LogP contribution in [0.5, 0.6) is 0 Å². The number of aromatic nitrogens is 4. The predicted octanol–water partition coefficient (Wildman–Crippen LogP) is 3.01. The molecule has 112 valence electrons. The Kier molecular flexibility index (Phi) is 4.21. The van der Waals surface area contributed by atoms with E-state index >= 15 is 0 Å². The van der Waals surface area contributed by atoms with Gasteiger partial charge in [0, 0.05) is 10.6 Å². The summed E-state index contributed by atoms with van der Waals surface area (Å²) in [5.41, 5.74) is 1.51. The fourth-order valence-corrected chi connectivity index (χ4v) is 3.13. The van der Waals surface area contributed by atoms with Crippen LogP contribution in [-0.4, -0.2) is 32.4 Å². The molecule has 1 amide bonds. The van der Waals surface area contributed by atoms with Gasteiger partial charge in [0.2, 0.25) is 5.16 Å². The van der Waals surface area contributed by atoms with Gasteiger partial charge < -0.3 is 5.32 Å². The molecule has 22 heavy (non-hydrogen) atoms. The van der Waals surface area contributed by atoms with E-state index in [4.69, 9.17) is 0 Å². The van der Waals surface area contributed by atoms with Crippen LogP contribution in [0.15, 0.2) is 41.6 Å². The Balaban J connectivity index is 1.84. The number of hydrogen-bond acceptors (Lipinski definition) is 6. The van der Waals surface area contributed by atoms with E-state index in [1.807, 2.05) is 49.6 Å². The number of hydrogen-bond donors (Lipinski definition) is 1. The molecule has 0 aliphatic rings. The topological polar surface area (TPSA) is 72.7 Å². The summed E-state index contributed by atoms with van der Waals surface area (Å²) < 4.78 is 1.63. The molecule has 2 heterocycles. The number of benzene rings is 1. The lowest BCUT2D eigenvalue weighted by Gasteiger charge is -2.07. The van der Waals surface area contributed by atoms with Crippen LogP contribution in [0.25, 0.3) is 5.69 Å². The second-order valence-electron chi connectivity index (χ2n) is 4.49. The van der Waals surface area contributed by atoms with Crippen LogP contribution in [-0.2, 0) is 0 Å². The van der Waals surface area contributed by atoms with Gasteiger partial charge in [-0.15, -0.1) is 16.4 Å². The monoisotopic (exact) mass is 331 g/mol. The zero-order valence-electron chi connectivity index (χ0n) is 12.0. The van der Waals surface area contributed by atoms with Crippen molar-refractivity contribution in [1.82, 2.24) is 20.2 Å². The Bertz CT molecular complexity index is 811. The zero-order chi connectivity index (χ0) is 15.5. The Morgan fingerprint density at radius 3 is 2.91 bits per heavy atom. The molecule has 0 fully saturated rings. The SMILES string of the molecule is CSc1nnnn1-c1cccc(NC(=O)c2ccc(C)s2)c1. The molecule has 1 aromatic carbocycles. The molecule has 0 saturated carbocycles. The van der Waals surface area contributed by atoms with Crippen LogP contribution in [0.3, 0.4) is 0 Å². The maximum absolute atomic E-state index is 12.2. The fraction of sp³-hybridized carbons (Fsp3) is 0.143. The van der Waals surface area contributed by atoms with E-state index in [1.54, 1.807) is 4.68 Å². The van der Waals surface area contributed by atoms with Crippen LogP contribution >= 0.6 is 23.1 Å². The minimum Gasteiger partial charge on any atom is -0.321 e. The summed E-state index contributed by atoms with van der Waals surface area (Å²) >= 11 is 2.93. The van der Waals surface area contributed by atoms with Crippen molar-refractivity contribution in [3.8, 4) is 5.69 Å². The summed E-state index contributed by atoms with van der Waals surface area (Å²) in [5.74, 6) is -0.114. The zero-order valence-corrected chi connectivity index (χ0v) is 13.6. The molecule has 0 atom stereocenters. The van der Waals surface area contributed by atoms with Crippen molar-refractivity contribution >= 4 is 34.7 Å². The maximum atomic E-state index is 12.2. The number of nitrogens with zero attached hydrogens (tertiary/aromatic N) is 4. The van der Waals surface area contributed by atoms with Gasteiger partial charge >= 0.3 is 0 Å². The van der Waals surface area contributed by atoms with E-state index in [0.717, 1.165) is 10.6 Å². The van der Waals surface area contributed by atoms with Gasteiger partial charge in [-0.25, -0.2) is 0 Å². The van der Waals surface area contributed by atoms with Crippen LogP contribution in [0.4, 0.5) is 5.69 Å². The van der Waals surface area contributed by atoms with Gasteiger partial charge in [-0.1, -0.05) is 17.8 Å². The molecule has 3 aromatic rings. The average molecular weight is 331 g/mol. The molecule has 0 saturated heterocycles. The second-order valence-corrected chi connectivity index (χ2v) is 6.55. The molecule has 6 nitrogen and oxygen atoms in total. The molecule has 0 unspecified atom stereocenters. The first-order valence-electron chi connectivity index (χ1n) is 6.48. The van der Waals surface area contributed by atoms with Crippen LogP contribution in [0, 0.1) is 6.92 Å². The molecule has 0 aliphatic heterocycles. The molecular formula is C14H13N5OS2. The summed E-state index contributed by atoms with van der Waals surface area (Å²) in [6.07, 6.45) is 1.91. The quantitative estimate of drug-likeness (QED) is 0.744. The van der Waals surface area contributed by atoms with E-state index < -0.39 is 0 Å². The van der Waals surface area contributed by atoms with Crippen molar-refractivity contribution in [1.29, 1.82) is 0 Å². The molecule has 3 rings (SSSR count). The summed E-state index contributed by atoms with van der Waals surface area (Å²) in [5, 5.41) is 15.1. The molecule has 1 N–H and O–H groups in total. The smallest absolute Gasteiger partial charge is 0.265 e. The highest BCUT2D eigenvalue weighted by Crippen LogP contribution is 2.20. The number of aryl methyl sites for hydroxylation is 1. The standard InChI is InChI=1S/C14H13N5OS2/c1-9-6-7-12(22-9)13(20)15-10-4-3-5-11(8-10)19-14(21-2)16-17-18-19/h3-8H,1-2H3,(H,15,20). The second kappa shape index (κ2) is 6.29. The predicted molar refractivity (Wildman–Crippen MR) is 87.9 cm³/mol. The van der Waals surface area contributed by atoms with Crippen molar-refractivity contribution in [2.45, 2.75) is 12.1 Å². The summed E-state index contributed by atoms with van der Waals surface area (Å²) in [7, 11) is 0. The number of carbonyl (C=O) groups is 1. The highest BCUT2D eigenvalue weighted by atomic mass is 32.2. The Labute approximate surface area is 135 Å². The molecule has 2 aromatic heterocycles. The van der Waals surface area contributed by atoms with Crippen LogP contribution in [0.1, 0.15) is 14.5 Å². The van der Waals surface area contributed by atoms with Gasteiger partial charge in [-0.2, -0.15) is 4.68 Å². The lowest BCUT2D eigenvalue weighted by molar-refractivity contribution is 0.103. The third-order valence-corrected chi connectivity index (χ3v) is 4.56. The molecule has 0 spiro atoms. The van der Waals surface area contributed by atoms with Crippen molar-refractivity contribution < 1.29 is 4.79 Å². The Morgan fingerprint density at radius 2 is 2.18 bits per heavy atom. The van der Waals surface area contributed by atoms with Crippen molar-refractivity contribution in [3.05, 3.63) is 46.2 Å². The molecule has 8 heteroatoms. The highest BCUT2D eigenvalue weighted by Gasteiger charge is 2.11. The van der Waals surface area contributed by atoms with Crippen LogP contribution in [0.2, 0.25) is 0 Å². The normalized spacial score (nSPS) is 10.6. The van der Waals surface area contributed by atoms with E-state index in [1.165, 1.54) is 23.1 Å². The number of amides is 1. The largest absolute Gasteiger partial charge is 0.321 e. The maximum Gasteiger partial charge on any atom is 0.265 e. The molecule has 0 bridgehead atoms. The van der Waals surface area contributed by atoms with Crippen molar-refractivity contribution in [2.24, 2.45) is 0 Å². The lowest BCUT2D eigenvalue weighted by Crippen LogP contribution is -2.10. The highest BCUT2D eigenvalue weighted by molar-refractivity contribution is 7.98. The average Bonchev–Trinajstić information content (AvgIpc) is 3.15. The Hall–Kier alpha value is -2.19. The summed E-state index contributed by atoms with van der Waals surface area (Å²) in [6.45, 7) is 1.98. The van der Waals surface area contributed by atoms with E-state index in [9.17, 15) is 4.79 Å². The van der Waals surface area contributed by atoms with Crippen LogP contribution < -0.4 is 5.32 Å². The lowest BCUT2D eigenvalue weighted by atomic mass is 10.2. The van der Waals surface area contributed by atoms with Gasteiger partial charge in [-0.3, -0.25) is 4.79 Å². The minimum atomic E-state index is -0.114. The number of carbonyl (C=O) groups excluding carboxylic acids is 1. The molecular weight excluding hydrogens is 318 g/mol. The number of thiophene rings is 1. The molecule has 0 radical (unpaired) electrons. The number of anilines is 1. The first kappa shape index (κ1) is 14.7. The van der Waals surface area contributed by atoms with E-state index in [-0.39, 0.29) is 5.91 Å². The van der Waals surface area contributed by atoms with Crippen molar-refractivity contribution in [3.63, 3.8) is 0 Å². The van der Waals surface area contributed by atoms with Gasteiger partial charge in [0.15, 0.2) is 0 Å². The first-order chi connectivity index (χ1) is 10.7. The van der Waals surface area contributed by atoms with E-state index in [0.29, 0.717) is 15.7 Å². The summed E-state index contributed by atoms with van der Waals surface area (Å²) in [4.78, 5) is 14.0. The fourth-order valence-electron chi connectivity index (χ4n) is 1.93. The number of rotatable bonds is 4. The van der Waals surface area contributed by atoms with Gasteiger partial charge in [-0.05, 0) is 53.9 Å². The third kappa shape index (κ3) is 3.02. The van der Waals surface area contributed by atoms with Crippen molar-refractivity contribution in [2.75, 3.05) is 11.6 Å². The molecule has 0 aliphatic carbocycles. The van der Waals surface area contributed by atoms with Gasteiger partial charge in [0.05, 0.1) is 10.6 Å². The summed E-state index contributed by atoms with van der Waals surface area (Å²) in [6, 6.07) is 11.2. The number of thioether (sulfide) groups is 1. The number of nitrogens with one attached hydrogen (secondary N) is 1. The van der Waals surface area contributed by atoms with E-state index in [2.05, 4.69) is 20.8 Å². The third-order valence-electron chi connectivity index (χ3n) is 2.94. The number of tetrazole rings is 1. The minimum absolute atomic E-state index is 0.114. The first-order valence-corrected chi connectivity index (χ1v) is 8.52. The Morgan fingerprint density at radius 1 is 1.32 bits per heavy atom. The van der Waals surface area contributed by atoms with Gasteiger partial charge in [0.1, 0.15) is 0 Å². The van der Waals surface area contributed by atoms with Gasteiger partial charge in [0.25, 0.3) is 5.91 Å².